The predicted octanol–water partition coefficient (Wildman–Crippen LogP) is 0.629. The molecule has 0 saturated carbocycles. The first kappa shape index (κ1) is 24.1. The summed E-state index contributed by atoms with van der Waals surface area (Å²) in [5, 5.41) is 50.1. The summed E-state index contributed by atoms with van der Waals surface area (Å²) in [5.74, 6) is 0.667. The van der Waals surface area contributed by atoms with E-state index >= 15 is 0 Å². The highest BCUT2D eigenvalue weighted by Gasteiger charge is 2.44. The van der Waals surface area contributed by atoms with Gasteiger partial charge >= 0.3 is 0 Å². The Balaban J connectivity index is 1.47. The molecule has 33 heavy (non-hydrogen) atoms. The van der Waals surface area contributed by atoms with E-state index in [1.807, 2.05) is 49.4 Å². The molecular formula is C25H32O8. The summed E-state index contributed by atoms with van der Waals surface area (Å²) < 4.78 is 16.9. The number of benzene rings is 2. The average Bonchev–Trinajstić information content (AvgIpc) is 2.82. The Morgan fingerprint density at radius 1 is 0.970 bits per heavy atom. The number of hydrogen-bond donors (Lipinski definition) is 5. The van der Waals surface area contributed by atoms with Crippen molar-refractivity contribution in [1.29, 1.82) is 0 Å². The fourth-order valence-electron chi connectivity index (χ4n) is 4.33. The Labute approximate surface area is 193 Å². The molecule has 2 aromatic rings. The van der Waals surface area contributed by atoms with Gasteiger partial charge in [0, 0.05) is 13.0 Å². The minimum Gasteiger partial charge on any atom is -0.485 e. The number of hydrogen-bond acceptors (Lipinski definition) is 8. The van der Waals surface area contributed by atoms with Gasteiger partial charge < -0.3 is 39.7 Å². The first-order valence-corrected chi connectivity index (χ1v) is 11.3. The zero-order valence-corrected chi connectivity index (χ0v) is 18.6. The van der Waals surface area contributed by atoms with Crippen LogP contribution in [0.1, 0.15) is 34.8 Å². The molecule has 0 aliphatic carbocycles. The largest absolute Gasteiger partial charge is 0.485 e. The van der Waals surface area contributed by atoms with Crippen molar-refractivity contribution in [2.75, 3.05) is 19.8 Å². The van der Waals surface area contributed by atoms with E-state index in [9.17, 15) is 25.5 Å². The maximum Gasteiger partial charge on any atom is 0.148 e. The highest BCUT2D eigenvalue weighted by atomic mass is 16.6. The van der Waals surface area contributed by atoms with Crippen LogP contribution in [0.15, 0.2) is 42.5 Å². The normalized spacial score (nSPS) is 32.5. The number of aliphatic hydroxyl groups excluding tert-OH is 5. The van der Waals surface area contributed by atoms with Crippen molar-refractivity contribution in [2.45, 2.75) is 62.5 Å². The molecule has 5 N–H and O–H groups in total. The molecule has 2 aliphatic heterocycles. The summed E-state index contributed by atoms with van der Waals surface area (Å²) in [7, 11) is 0. The number of ether oxygens (including phenoxy) is 3. The van der Waals surface area contributed by atoms with Crippen LogP contribution >= 0.6 is 0 Å². The second-order valence-electron chi connectivity index (χ2n) is 8.84. The molecule has 2 saturated heterocycles. The van der Waals surface area contributed by atoms with Crippen molar-refractivity contribution >= 4 is 0 Å². The molecule has 2 aliphatic rings. The monoisotopic (exact) mass is 460 g/mol. The summed E-state index contributed by atoms with van der Waals surface area (Å²) in [4.78, 5) is 0. The topological polar surface area (TPSA) is 129 Å². The van der Waals surface area contributed by atoms with Crippen LogP contribution in [-0.2, 0) is 15.9 Å². The van der Waals surface area contributed by atoms with Gasteiger partial charge in [0.1, 0.15) is 42.4 Å². The highest BCUT2D eigenvalue weighted by molar-refractivity contribution is 5.38. The zero-order valence-electron chi connectivity index (χ0n) is 18.6. The van der Waals surface area contributed by atoms with Crippen molar-refractivity contribution in [3.05, 3.63) is 64.7 Å². The molecule has 0 bridgehead atoms. The number of aliphatic hydroxyl groups is 5. The average molecular weight is 461 g/mol. The SMILES string of the molecule is Cc1ccc([C@@H]2O[C@H](CO)[C@@H](O)[C@H](O)[C@H]2O)cc1Cc1ccc(OC2COCCC2O)cc1. The minimum atomic E-state index is -1.41. The zero-order chi connectivity index (χ0) is 23.5. The second kappa shape index (κ2) is 10.5. The van der Waals surface area contributed by atoms with Crippen LogP contribution in [0.5, 0.6) is 5.75 Å². The molecule has 7 atom stereocenters. The molecule has 180 valence electrons. The number of rotatable bonds is 6. The number of aryl methyl sites for hydroxylation is 1. The van der Waals surface area contributed by atoms with E-state index in [1.165, 1.54) is 0 Å². The van der Waals surface area contributed by atoms with Gasteiger partial charge in [-0.1, -0.05) is 30.3 Å². The lowest BCUT2D eigenvalue weighted by Crippen LogP contribution is -2.55. The first-order valence-electron chi connectivity index (χ1n) is 11.3. The van der Waals surface area contributed by atoms with Gasteiger partial charge in [-0.3, -0.25) is 0 Å². The molecule has 2 heterocycles. The van der Waals surface area contributed by atoms with Crippen LogP contribution in [0.4, 0.5) is 0 Å². The smallest absolute Gasteiger partial charge is 0.148 e. The predicted molar refractivity (Wildman–Crippen MR) is 119 cm³/mol. The Kier molecular flexibility index (Phi) is 7.65. The summed E-state index contributed by atoms with van der Waals surface area (Å²) in [6.45, 7) is 2.45. The quantitative estimate of drug-likeness (QED) is 0.425. The lowest BCUT2D eigenvalue weighted by Gasteiger charge is -2.40. The third-order valence-corrected chi connectivity index (χ3v) is 6.47. The van der Waals surface area contributed by atoms with Crippen molar-refractivity contribution < 1.29 is 39.7 Å². The van der Waals surface area contributed by atoms with Gasteiger partial charge in [-0.05, 0) is 47.7 Å². The molecule has 8 nitrogen and oxygen atoms in total. The standard InChI is InChI=1S/C25H32O8/c1-14-2-5-16(25-24(30)23(29)22(28)20(12-26)33-25)11-17(14)10-15-3-6-18(7-4-15)32-21-13-31-9-8-19(21)27/h2-7,11,19-30H,8-10,12-13H2,1H3/t19?,20-,21?,22-,23+,24-,25+/m1/s1. The molecule has 2 fully saturated rings. The van der Waals surface area contributed by atoms with Crippen LogP contribution in [0.25, 0.3) is 0 Å². The van der Waals surface area contributed by atoms with E-state index in [4.69, 9.17) is 14.2 Å². The Morgan fingerprint density at radius 3 is 2.42 bits per heavy atom. The fourth-order valence-corrected chi connectivity index (χ4v) is 4.33. The van der Waals surface area contributed by atoms with Crippen LogP contribution in [0, 0.1) is 6.92 Å². The Bertz CT molecular complexity index is 915. The summed E-state index contributed by atoms with van der Waals surface area (Å²) >= 11 is 0. The van der Waals surface area contributed by atoms with E-state index in [0.29, 0.717) is 37.4 Å². The van der Waals surface area contributed by atoms with E-state index < -0.39 is 43.2 Å². The van der Waals surface area contributed by atoms with Crippen molar-refractivity contribution in [3.8, 4) is 5.75 Å². The van der Waals surface area contributed by atoms with Gasteiger partial charge in [0.05, 0.1) is 19.3 Å². The first-order chi connectivity index (χ1) is 15.9. The molecule has 4 rings (SSSR count). The van der Waals surface area contributed by atoms with Crippen LogP contribution in [0.3, 0.4) is 0 Å². The van der Waals surface area contributed by atoms with E-state index in [2.05, 4.69) is 0 Å². The minimum absolute atomic E-state index is 0.368. The van der Waals surface area contributed by atoms with E-state index in [0.717, 1.165) is 16.7 Å². The van der Waals surface area contributed by atoms with Gasteiger partial charge in [0.15, 0.2) is 0 Å². The van der Waals surface area contributed by atoms with E-state index in [1.54, 1.807) is 0 Å². The third kappa shape index (κ3) is 5.38. The van der Waals surface area contributed by atoms with Gasteiger partial charge in [-0.15, -0.1) is 0 Å². The maximum atomic E-state index is 10.5. The van der Waals surface area contributed by atoms with Gasteiger partial charge in [-0.25, -0.2) is 0 Å². The summed E-state index contributed by atoms with van der Waals surface area (Å²) in [5.41, 5.74) is 3.80. The van der Waals surface area contributed by atoms with Gasteiger partial charge in [0.2, 0.25) is 0 Å². The molecule has 2 aromatic carbocycles. The van der Waals surface area contributed by atoms with Crippen LogP contribution in [0.2, 0.25) is 0 Å². The Hall–Kier alpha value is -2.04. The van der Waals surface area contributed by atoms with Crippen LogP contribution < -0.4 is 4.74 Å². The van der Waals surface area contributed by atoms with Crippen LogP contribution in [-0.4, -0.2) is 82.0 Å². The molecular weight excluding hydrogens is 428 g/mol. The van der Waals surface area contributed by atoms with E-state index in [-0.39, 0.29) is 6.10 Å². The summed E-state index contributed by atoms with van der Waals surface area (Å²) in [6, 6.07) is 13.3. The highest BCUT2D eigenvalue weighted by Crippen LogP contribution is 2.33. The van der Waals surface area contributed by atoms with Crippen molar-refractivity contribution in [2.24, 2.45) is 0 Å². The Morgan fingerprint density at radius 2 is 1.73 bits per heavy atom. The molecule has 0 radical (unpaired) electrons. The molecule has 0 amide bonds. The van der Waals surface area contributed by atoms with Crippen molar-refractivity contribution in [3.63, 3.8) is 0 Å². The summed E-state index contributed by atoms with van der Waals surface area (Å²) in [6.07, 6.45) is -5.63. The van der Waals surface area contributed by atoms with Gasteiger partial charge in [0.25, 0.3) is 0 Å². The molecule has 8 heteroatoms. The molecule has 2 unspecified atom stereocenters. The maximum absolute atomic E-state index is 10.5. The molecule has 0 spiro atoms. The van der Waals surface area contributed by atoms with Gasteiger partial charge in [-0.2, -0.15) is 0 Å². The lowest BCUT2D eigenvalue weighted by atomic mass is 9.89. The fraction of sp³-hybridized carbons (Fsp3) is 0.520. The lowest BCUT2D eigenvalue weighted by molar-refractivity contribution is -0.231. The second-order valence-corrected chi connectivity index (χ2v) is 8.84. The third-order valence-electron chi connectivity index (χ3n) is 6.47. The van der Waals surface area contributed by atoms with Crippen molar-refractivity contribution in [1.82, 2.24) is 0 Å². The molecule has 0 aromatic heterocycles.